The standard InChI is InChI=1S/C10H8F5NO4/c1-19-8-4(3-6(17)18)2-5(7(11)12)9(16-8)20-10(13,14)15/h2,7H,3H2,1H3,(H,17,18). The molecule has 0 fully saturated rings. The summed E-state index contributed by atoms with van der Waals surface area (Å²) in [7, 11) is 1.01. The molecule has 1 aromatic rings. The van der Waals surface area contributed by atoms with Crippen molar-refractivity contribution in [3.05, 3.63) is 17.2 Å². The quantitative estimate of drug-likeness (QED) is 0.846. The third-order valence-corrected chi connectivity index (χ3v) is 2.04. The maximum absolute atomic E-state index is 12.7. The second-order valence-electron chi connectivity index (χ2n) is 3.47. The molecule has 1 heterocycles. The van der Waals surface area contributed by atoms with E-state index >= 15 is 0 Å². The van der Waals surface area contributed by atoms with Gasteiger partial charge >= 0.3 is 12.3 Å². The Hall–Kier alpha value is -2.13. The van der Waals surface area contributed by atoms with E-state index in [1.165, 1.54) is 0 Å². The lowest BCUT2D eigenvalue weighted by molar-refractivity contribution is -0.276. The number of hydrogen-bond acceptors (Lipinski definition) is 4. The van der Waals surface area contributed by atoms with Gasteiger partial charge in [0.2, 0.25) is 11.8 Å². The van der Waals surface area contributed by atoms with E-state index in [0.717, 1.165) is 7.11 Å². The number of halogens is 5. The lowest BCUT2D eigenvalue weighted by Gasteiger charge is -2.15. The second-order valence-corrected chi connectivity index (χ2v) is 3.47. The van der Waals surface area contributed by atoms with Gasteiger partial charge in [-0.15, -0.1) is 13.2 Å². The number of aliphatic carboxylic acids is 1. The zero-order valence-corrected chi connectivity index (χ0v) is 9.87. The van der Waals surface area contributed by atoms with Gasteiger partial charge in [0.1, 0.15) is 0 Å². The van der Waals surface area contributed by atoms with E-state index in [4.69, 9.17) is 5.11 Å². The molecule has 0 aliphatic carbocycles. The number of ether oxygens (including phenoxy) is 2. The van der Waals surface area contributed by atoms with Crippen LogP contribution in [0.15, 0.2) is 6.07 Å². The van der Waals surface area contributed by atoms with Gasteiger partial charge in [0.05, 0.1) is 19.1 Å². The van der Waals surface area contributed by atoms with Gasteiger partial charge in [-0.05, 0) is 6.07 Å². The highest BCUT2D eigenvalue weighted by Gasteiger charge is 2.35. The van der Waals surface area contributed by atoms with Crippen molar-refractivity contribution in [1.82, 2.24) is 4.98 Å². The van der Waals surface area contributed by atoms with Gasteiger partial charge in [-0.1, -0.05) is 0 Å². The Labute approximate surface area is 108 Å². The Morgan fingerprint density at radius 1 is 1.40 bits per heavy atom. The van der Waals surface area contributed by atoms with Crippen LogP contribution in [-0.2, 0) is 11.2 Å². The minimum absolute atomic E-state index is 0.287. The maximum Gasteiger partial charge on any atom is 0.574 e. The minimum Gasteiger partial charge on any atom is -0.481 e. The van der Waals surface area contributed by atoms with Crippen molar-refractivity contribution in [2.24, 2.45) is 0 Å². The average Bonchev–Trinajstić information content (AvgIpc) is 2.27. The van der Waals surface area contributed by atoms with Crippen LogP contribution in [-0.4, -0.2) is 29.5 Å². The molecule has 0 atom stereocenters. The Kier molecular flexibility index (Phi) is 4.69. The predicted octanol–water partition coefficient (Wildman–Crippen LogP) is 2.55. The van der Waals surface area contributed by atoms with Crippen molar-refractivity contribution in [2.75, 3.05) is 7.11 Å². The van der Waals surface area contributed by atoms with Gasteiger partial charge in [-0.3, -0.25) is 4.79 Å². The zero-order valence-electron chi connectivity index (χ0n) is 9.87. The Morgan fingerprint density at radius 3 is 2.40 bits per heavy atom. The number of nitrogens with zero attached hydrogens (tertiary/aromatic N) is 1. The van der Waals surface area contributed by atoms with Gasteiger partial charge in [-0.2, -0.15) is 4.98 Å². The summed E-state index contributed by atoms with van der Waals surface area (Å²) in [5, 5.41) is 8.59. The molecule has 1 N–H and O–H groups in total. The number of carboxylic acid groups (broad SMARTS) is 1. The fourth-order valence-electron chi connectivity index (χ4n) is 1.35. The van der Waals surface area contributed by atoms with Gasteiger partial charge < -0.3 is 14.6 Å². The molecule has 0 amide bonds. The molecule has 1 aromatic heterocycles. The van der Waals surface area contributed by atoms with Crippen LogP contribution in [0.2, 0.25) is 0 Å². The summed E-state index contributed by atoms with van der Waals surface area (Å²) in [6.07, 6.45) is -9.27. The van der Waals surface area contributed by atoms with E-state index in [1.54, 1.807) is 0 Å². The van der Waals surface area contributed by atoms with Crippen LogP contribution in [0.5, 0.6) is 11.8 Å². The summed E-state index contributed by atoms with van der Waals surface area (Å²) >= 11 is 0. The van der Waals surface area contributed by atoms with Crippen molar-refractivity contribution >= 4 is 5.97 Å². The smallest absolute Gasteiger partial charge is 0.481 e. The van der Waals surface area contributed by atoms with E-state index in [0.29, 0.717) is 6.07 Å². The van der Waals surface area contributed by atoms with Crippen LogP contribution in [0.3, 0.4) is 0 Å². The molecule has 0 radical (unpaired) electrons. The Balaban J connectivity index is 3.33. The van der Waals surface area contributed by atoms with E-state index in [2.05, 4.69) is 14.5 Å². The molecule has 0 aliphatic rings. The molecule has 0 saturated heterocycles. The third kappa shape index (κ3) is 4.21. The molecule has 5 nitrogen and oxygen atoms in total. The normalized spacial score (nSPS) is 11.6. The van der Waals surface area contributed by atoms with Crippen LogP contribution >= 0.6 is 0 Å². The van der Waals surface area contributed by atoms with Gasteiger partial charge in [-0.25, -0.2) is 8.78 Å². The van der Waals surface area contributed by atoms with Crippen LogP contribution in [0, 0.1) is 0 Å². The fraction of sp³-hybridized carbons (Fsp3) is 0.400. The summed E-state index contributed by atoms with van der Waals surface area (Å²) in [5.41, 5.74) is -1.45. The highest BCUT2D eigenvalue weighted by atomic mass is 19.4. The maximum atomic E-state index is 12.7. The summed E-state index contributed by atoms with van der Waals surface area (Å²) in [6, 6.07) is 0.561. The first-order valence-electron chi connectivity index (χ1n) is 4.97. The highest BCUT2D eigenvalue weighted by molar-refractivity contribution is 5.71. The van der Waals surface area contributed by atoms with E-state index in [9.17, 15) is 26.7 Å². The molecular formula is C10H8F5NO4. The number of methoxy groups -OCH3 is 1. The SMILES string of the molecule is COc1nc(OC(F)(F)F)c(C(F)F)cc1CC(=O)O. The molecular weight excluding hydrogens is 293 g/mol. The molecule has 0 aromatic carbocycles. The van der Waals surface area contributed by atoms with Crippen molar-refractivity contribution < 1.29 is 41.3 Å². The van der Waals surface area contributed by atoms with Crippen LogP contribution in [0.1, 0.15) is 17.6 Å². The topological polar surface area (TPSA) is 68.7 Å². The first-order valence-corrected chi connectivity index (χ1v) is 4.97. The lowest BCUT2D eigenvalue weighted by Crippen LogP contribution is -2.20. The Morgan fingerprint density at radius 2 is 2.00 bits per heavy atom. The molecule has 112 valence electrons. The molecule has 20 heavy (non-hydrogen) atoms. The van der Waals surface area contributed by atoms with Crippen LogP contribution in [0.4, 0.5) is 22.0 Å². The largest absolute Gasteiger partial charge is 0.574 e. The number of hydrogen-bond donors (Lipinski definition) is 1. The van der Waals surface area contributed by atoms with Crippen LogP contribution in [0.25, 0.3) is 0 Å². The predicted molar refractivity (Wildman–Crippen MR) is 53.8 cm³/mol. The first-order chi connectivity index (χ1) is 9.14. The van der Waals surface area contributed by atoms with Gasteiger partial charge in [0.25, 0.3) is 6.43 Å². The molecule has 0 aliphatic heterocycles. The molecule has 0 bridgehead atoms. The van der Waals surface area contributed by atoms with Crippen molar-refractivity contribution in [3.63, 3.8) is 0 Å². The number of aromatic nitrogens is 1. The zero-order chi connectivity index (χ0) is 15.5. The molecule has 0 unspecified atom stereocenters. The van der Waals surface area contributed by atoms with Gasteiger partial charge in [0.15, 0.2) is 0 Å². The molecule has 0 saturated carbocycles. The first kappa shape index (κ1) is 15.9. The molecule has 0 spiro atoms. The number of rotatable bonds is 5. The molecule has 1 rings (SSSR count). The number of carboxylic acids is 1. The molecule has 10 heteroatoms. The summed E-state index contributed by atoms with van der Waals surface area (Å²) in [4.78, 5) is 13.7. The summed E-state index contributed by atoms with van der Waals surface area (Å²) < 4.78 is 69.6. The van der Waals surface area contributed by atoms with E-state index < -0.39 is 42.5 Å². The number of alkyl halides is 5. The fourth-order valence-corrected chi connectivity index (χ4v) is 1.35. The summed E-state index contributed by atoms with van der Waals surface area (Å²) in [5.74, 6) is -3.29. The van der Waals surface area contributed by atoms with Crippen molar-refractivity contribution in [2.45, 2.75) is 19.2 Å². The number of carbonyl (C=O) groups is 1. The minimum atomic E-state index is -5.21. The highest BCUT2D eigenvalue weighted by Crippen LogP contribution is 2.35. The van der Waals surface area contributed by atoms with E-state index in [-0.39, 0.29) is 5.56 Å². The lowest BCUT2D eigenvalue weighted by atomic mass is 10.1. The second kappa shape index (κ2) is 5.88. The van der Waals surface area contributed by atoms with Crippen LogP contribution < -0.4 is 9.47 Å². The third-order valence-electron chi connectivity index (χ3n) is 2.04. The number of pyridine rings is 1. The van der Waals surface area contributed by atoms with Gasteiger partial charge in [0, 0.05) is 5.56 Å². The Bertz CT molecular complexity index is 503. The summed E-state index contributed by atoms with van der Waals surface area (Å²) in [6.45, 7) is 0. The van der Waals surface area contributed by atoms with E-state index in [1.807, 2.05) is 0 Å². The van der Waals surface area contributed by atoms with Crippen molar-refractivity contribution in [3.8, 4) is 11.8 Å². The average molecular weight is 301 g/mol. The van der Waals surface area contributed by atoms with Crippen molar-refractivity contribution in [1.29, 1.82) is 0 Å². The monoisotopic (exact) mass is 301 g/mol.